The fourth-order valence-electron chi connectivity index (χ4n) is 2.59. The summed E-state index contributed by atoms with van der Waals surface area (Å²) in [7, 11) is 0. The van der Waals surface area contributed by atoms with Gasteiger partial charge >= 0.3 is 0 Å². The molecule has 0 heterocycles. The van der Waals surface area contributed by atoms with E-state index in [4.69, 9.17) is 0 Å². The van der Waals surface area contributed by atoms with Crippen LogP contribution < -0.4 is 12.4 Å². The van der Waals surface area contributed by atoms with Gasteiger partial charge in [-0.3, -0.25) is 4.48 Å². The highest BCUT2D eigenvalue weighted by Gasteiger charge is 2.32. The number of halogens is 1. The van der Waals surface area contributed by atoms with Gasteiger partial charge in [0.1, 0.15) is 0 Å². The molecule has 112 valence electrons. The molecule has 0 radical (unpaired) electrons. The fraction of sp³-hybridized carbons (Fsp3) is 1.00. The van der Waals surface area contributed by atoms with Crippen molar-refractivity contribution in [3.8, 4) is 0 Å². The predicted octanol–water partition coefficient (Wildman–Crippen LogP) is 0.936. The van der Waals surface area contributed by atoms with Crippen LogP contribution in [0.3, 0.4) is 0 Å². The molecule has 0 aromatic rings. The van der Waals surface area contributed by atoms with Crippen molar-refractivity contribution in [3.63, 3.8) is 0 Å². The van der Waals surface area contributed by atoms with Crippen molar-refractivity contribution in [2.24, 2.45) is 0 Å². The van der Waals surface area contributed by atoms with E-state index in [0.29, 0.717) is 0 Å². The summed E-state index contributed by atoms with van der Waals surface area (Å²) in [5.41, 5.74) is 0. The first kappa shape index (κ1) is 20.5. The lowest BCUT2D eigenvalue weighted by Gasteiger charge is -2.42. The summed E-state index contributed by atoms with van der Waals surface area (Å²) in [6, 6.07) is 0. The van der Waals surface area contributed by atoms with Gasteiger partial charge in [-0.2, -0.15) is 0 Å². The molecule has 2 nitrogen and oxygen atoms in total. The first-order valence-corrected chi connectivity index (χ1v) is 7.70. The average Bonchev–Trinajstić information content (AvgIpc) is 2.37. The summed E-state index contributed by atoms with van der Waals surface area (Å²) in [4.78, 5) is 0. The van der Waals surface area contributed by atoms with Gasteiger partial charge in [0, 0.05) is 6.42 Å². The maximum absolute atomic E-state index is 10.4. The van der Waals surface area contributed by atoms with Crippen LogP contribution in [0.25, 0.3) is 0 Å². The number of rotatable bonds is 11. The van der Waals surface area contributed by atoms with E-state index in [-0.39, 0.29) is 18.6 Å². The maximum atomic E-state index is 10.4. The lowest BCUT2D eigenvalue weighted by Crippen LogP contribution is -3.00. The Labute approximate surface area is 121 Å². The SMILES string of the molecule is CCCC[N+](CCCC)(CCCC)C(O)CC.[Cl-]. The third-order valence-electron chi connectivity index (χ3n) is 3.87. The zero-order chi connectivity index (χ0) is 13.1. The number of hydrogen-bond acceptors (Lipinski definition) is 1. The Morgan fingerprint density at radius 3 is 1.33 bits per heavy atom. The van der Waals surface area contributed by atoms with Gasteiger partial charge in [0.05, 0.1) is 19.6 Å². The smallest absolute Gasteiger partial charge is 0.190 e. The summed E-state index contributed by atoms with van der Waals surface area (Å²) in [5, 5.41) is 10.4. The van der Waals surface area contributed by atoms with Crippen LogP contribution in [0.4, 0.5) is 0 Å². The molecule has 0 aliphatic rings. The first-order valence-electron chi connectivity index (χ1n) is 7.70. The standard InChI is InChI=1S/C15H34NO.ClH/c1-5-9-12-16(13-10-6-2,14-11-7-3)15(17)8-4;/h15,17H,5-14H2,1-4H3;1H/q+1;/p-1. The average molecular weight is 280 g/mol. The third-order valence-corrected chi connectivity index (χ3v) is 3.87. The van der Waals surface area contributed by atoms with E-state index >= 15 is 0 Å². The monoisotopic (exact) mass is 279 g/mol. The van der Waals surface area contributed by atoms with Crippen LogP contribution in [0, 0.1) is 0 Å². The molecule has 1 atom stereocenters. The molecule has 0 saturated heterocycles. The van der Waals surface area contributed by atoms with Crippen molar-refractivity contribution in [1.29, 1.82) is 0 Å². The second kappa shape index (κ2) is 12.3. The molecule has 0 rings (SSSR count). The highest BCUT2D eigenvalue weighted by Crippen LogP contribution is 2.20. The summed E-state index contributed by atoms with van der Waals surface area (Å²) >= 11 is 0. The van der Waals surface area contributed by atoms with Gasteiger partial charge in [0.25, 0.3) is 0 Å². The Morgan fingerprint density at radius 2 is 1.11 bits per heavy atom. The molecule has 18 heavy (non-hydrogen) atoms. The second-order valence-electron chi connectivity index (χ2n) is 5.34. The second-order valence-corrected chi connectivity index (χ2v) is 5.34. The van der Waals surface area contributed by atoms with Crippen molar-refractivity contribution >= 4 is 0 Å². The summed E-state index contributed by atoms with van der Waals surface area (Å²) in [5.74, 6) is 0. The van der Waals surface area contributed by atoms with Crippen molar-refractivity contribution in [2.75, 3.05) is 19.6 Å². The van der Waals surface area contributed by atoms with Crippen LogP contribution in [-0.2, 0) is 0 Å². The van der Waals surface area contributed by atoms with Crippen molar-refractivity contribution in [2.45, 2.75) is 78.9 Å². The van der Waals surface area contributed by atoms with Crippen LogP contribution in [0.2, 0.25) is 0 Å². The lowest BCUT2D eigenvalue weighted by molar-refractivity contribution is -0.972. The molecule has 0 bridgehead atoms. The maximum Gasteiger partial charge on any atom is 0.190 e. The summed E-state index contributed by atoms with van der Waals surface area (Å²) in [6.45, 7) is 12.3. The molecule has 0 aromatic carbocycles. The number of unbranched alkanes of at least 4 members (excludes halogenated alkanes) is 3. The van der Waals surface area contributed by atoms with Crippen molar-refractivity contribution in [3.05, 3.63) is 0 Å². The van der Waals surface area contributed by atoms with Gasteiger partial charge in [-0.1, -0.05) is 47.0 Å². The van der Waals surface area contributed by atoms with Crippen LogP contribution in [0.1, 0.15) is 72.6 Å². The van der Waals surface area contributed by atoms with Gasteiger partial charge in [0.2, 0.25) is 0 Å². The minimum Gasteiger partial charge on any atom is -1.00 e. The topological polar surface area (TPSA) is 20.2 Å². The number of aliphatic hydroxyl groups excluding tert-OH is 1. The van der Waals surface area contributed by atoms with Crippen LogP contribution in [0.15, 0.2) is 0 Å². The number of hydrogen-bond donors (Lipinski definition) is 1. The van der Waals surface area contributed by atoms with E-state index in [1.807, 2.05) is 0 Å². The molecule has 1 N–H and O–H groups in total. The Hall–Kier alpha value is 0.210. The number of aliphatic hydroxyl groups is 1. The summed E-state index contributed by atoms with van der Waals surface area (Å²) in [6.07, 6.45) is 8.15. The molecule has 1 unspecified atom stereocenters. The fourth-order valence-corrected chi connectivity index (χ4v) is 2.59. The number of quaternary nitrogens is 1. The molecular formula is C15H34ClNO. The zero-order valence-corrected chi connectivity index (χ0v) is 13.7. The predicted molar refractivity (Wildman–Crippen MR) is 75.9 cm³/mol. The molecular weight excluding hydrogens is 246 g/mol. The van der Waals surface area contributed by atoms with E-state index in [1.165, 1.54) is 38.5 Å². The Morgan fingerprint density at radius 1 is 0.778 bits per heavy atom. The van der Waals surface area contributed by atoms with Gasteiger partial charge in [0.15, 0.2) is 6.23 Å². The van der Waals surface area contributed by atoms with Crippen LogP contribution >= 0.6 is 0 Å². The van der Waals surface area contributed by atoms with E-state index < -0.39 is 0 Å². The Bertz CT molecular complexity index is 154. The van der Waals surface area contributed by atoms with Gasteiger partial charge in [-0.05, 0) is 19.3 Å². The van der Waals surface area contributed by atoms with Crippen LogP contribution in [-0.4, -0.2) is 35.5 Å². The highest BCUT2D eigenvalue weighted by atomic mass is 35.5. The van der Waals surface area contributed by atoms with E-state index in [2.05, 4.69) is 27.7 Å². The third kappa shape index (κ3) is 6.96. The molecule has 0 aliphatic heterocycles. The van der Waals surface area contributed by atoms with E-state index in [0.717, 1.165) is 30.5 Å². The molecule has 0 fully saturated rings. The lowest BCUT2D eigenvalue weighted by atomic mass is 10.1. The molecule has 0 aliphatic carbocycles. The molecule has 0 saturated carbocycles. The normalized spacial score (nSPS) is 13.2. The summed E-state index contributed by atoms with van der Waals surface area (Å²) < 4.78 is 0.950. The van der Waals surface area contributed by atoms with Gasteiger partial charge in [-0.15, -0.1) is 0 Å². The number of nitrogens with zero attached hydrogens (tertiary/aromatic N) is 1. The van der Waals surface area contributed by atoms with Gasteiger partial charge < -0.3 is 17.5 Å². The Balaban J connectivity index is 0. The van der Waals surface area contributed by atoms with Crippen LogP contribution in [0.5, 0.6) is 0 Å². The minimum atomic E-state index is -0.153. The van der Waals surface area contributed by atoms with E-state index in [9.17, 15) is 5.11 Å². The van der Waals surface area contributed by atoms with Crippen molar-refractivity contribution in [1.82, 2.24) is 0 Å². The quantitative estimate of drug-likeness (QED) is 0.441. The molecule has 0 aromatic heterocycles. The first-order chi connectivity index (χ1) is 8.16. The van der Waals surface area contributed by atoms with E-state index in [1.54, 1.807) is 0 Å². The van der Waals surface area contributed by atoms with Crippen molar-refractivity contribution < 1.29 is 22.0 Å². The Kier molecular flexibility index (Phi) is 14.0. The minimum absolute atomic E-state index is 0. The largest absolute Gasteiger partial charge is 1.00 e. The highest BCUT2D eigenvalue weighted by molar-refractivity contribution is 4.51. The van der Waals surface area contributed by atoms with Gasteiger partial charge in [-0.25, -0.2) is 0 Å². The zero-order valence-electron chi connectivity index (χ0n) is 12.9. The molecule has 3 heteroatoms. The molecule has 0 spiro atoms. The molecule has 0 amide bonds.